The Morgan fingerprint density at radius 2 is 1.91 bits per heavy atom. The summed E-state index contributed by atoms with van der Waals surface area (Å²) >= 11 is 0. The summed E-state index contributed by atoms with van der Waals surface area (Å²) in [5.74, 6) is 0. The third-order valence-electron chi connectivity index (χ3n) is 1.63. The summed E-state index contributed by atoms with van der Waals surface area (Å²) in [6.45, 7) is 8.37. The minimum Gasteiger partial charge on any atom is -0.138 e. The average Bonchev–Trinajstić information content (AvgIpc) is 1.86. The minimum absolute atomic E-state index is 0.118. The first-order valence-electron chi connectivity index (χ1n) is 3.67. The molecule has 0 amide bonds. The fourth-order valence-electron chi connectivity index (χ4n) is 1.06. The van der Waals surface area contributed by atoms with Crippen LogP contribution in [0, 0.1) is 6.92 Å². The maximum Gasteiger partial charge on any atom is 0.0671 e. The van der Waals surface area contributed by atoms with Crippen LogP contribution in [-0.4, -0.2) is 15.4 Å². The molecule has 3 nitrogen and oxygen atoms in total. The SMILES string of the molecule is Cc1nnncc1C(C)(C)C. The maximum absolute atomic E-state index is 3.88. The molecule has 0 atom stereocenters. The standard InChI is InChI=1S/C8H13N3/c1-6-7(8(2,3)4)5-9-11-10-6/h5H,1-4H3. The first-order chi connectivity index (χ1) is 5.02. The van der Waals surface area contributed by atoms with Crippen LogP contribution in [0.3, 0.4) is 0 Å². The van der Waals surface area contributed by atoms with E-state index in [9.17, 15) is 0 Å². The largest absolute Gasteiger partial charge is 0.138 e. The van der Waals surface area contributed by atoms with Crippen LogP contribution in [-0.2, 0) is 5.41 Å². The molecule has 60 valence electrons. The first-order valence-corrected chi connectivity index (χ1v) is 3.67. The molecule has 0 saturated carbocycles. The molecule has 0 N–H and O–H groups in total. The molecular weight excluding hydrogens is 138 g/mol. The zero-order valence-electron chi connectivity index (χ0n) is 7.42. The topological polar surface area (TPSA) is 38.7 Å². The lowest BCUT2D eigenvalue weighted by molar-refractivity contribution is 0.570. The van der Waals surface area contributed by atoms with Crippen molar-refractivity contribution in [2.75, 3.05) is 0 Å². The van der Waals surface area contributed by atoms with Gasteiger partial charge in [-0.25, -0.2) is 0 Å². The molecule has 1 aromatic rings. The van der Waals surface area contributed by atoms with Crippen molar-refractivity contribution >= 4 is 0 Å². The van der Waals surface area contributed by atoms with Gasteiger partial charge in [-0.15, -0.1) is 10.2 Å². The third kappa shape index (κ3) is 1.73. The Hall–Kier alpha value is -0.990. The highest BCUT2D eigenvalue weighted by Crippen LogP contribution is 2.22. The van der Waals surface area contributed by atoms with Gasteiger partial charge in [0.2, 0.25) is 0 Å². The van der Waals surface area contributed by atoms with Gasteiger partial charge in [0.05, 0.1) is 11.9 Å². The Bertz CT molecular complexity index is 250. The van der Waals surface area contributed by atoms with E-state index in [0.29, 0.717) is 0 Å². The summed E-state index contributed by atoms with van der Waals surface area (Å²) in [7, 11) is 0. The average molecular weight is 151 g/mol. The second kappa shape index (κ2) is 2.57. The molecule has 0 bridgehead atoms. The molecule has 0 aliphatic carbocycles. The van der Waals surface area contributed by atoms with Gasteiger partial charge < -0.3 is 0 Å². The Labute approximate surface area is 66.9 Å². The monoisotopic (exact) mass is 151 g/mol. The van der Waals surface area contributed by atoms with E-state index in [-0.39, 0.29) is 5.41 Å². The van der Waals surface area contributed by atoms with Crippen LogP contribution in [0.15, 0.2) is 6.20 Å². The van der Waals surface area contributed by atoms with E-state index in [4.69, 9.17) is 0 Å². The molecule has 1 aromatic heterocycles. The van der Waals surface area contributed by atoms with Crippen LogP contribution in [0.4, 0.5) is 0 Å². The van der Waals surface area contributed by atoms with E-state index in [0.717, 1.165) is 11.3 Å². The Kier molecular flexibility index (Phi) is 1.89. The lowest BCUT2D eigenvalue weighted by Crippen LogP contribution is -2.15. The highest BCUT2D eigenvalue weighted by atomic mass is 15.3. The van der Waals surface area contributed by atoms with Gasteiger partial charge in [-0.05, 0) is 17.6 Å². The van der Waals surface area contributed by atoms with E-state index in [1.807, 2.05) is 6.92 Å². The summed E-state index contributed by atoms with van der Waals surface area (Å²) in [5.41, 5.74) is 2.24. The highest BCUT2D eigenvalue weighted by molar-refractivity contribution is 5.21. The predicted octanol–water partition coefficient (Wildman–Crippen LogP) is 1.48. The van der Waals surface area contributed by atoms with Crippen LogP contribution < -0.4 is 0 Å². The number of aromatic nitrogens is 3. The van der Waals surface area contributed by atoms with Gasteiger partial charge in [0, 0.05) is 5.56 Å². The Balaban J connectivity index is 3.14. The quantitative estimate of drug-likeness (QED) is 0.563. The number of hydrogen-bond acceptors (Lipinski definition) is 3. The fraction of sp³-hybridized carbons (Fsp3) is 0.625. The van der Waals surface area contributed by atoms with Crippen LogP contribution >= 0.6 is 0 Å². The van der Waals surface area contributed by atoms with Crippen molar-refractivity contribution in [3.05, 3.63) is 17.5 Å². The fourth-order valence-corrected chi connectivity index (χ4v) is 1.06. The second-order valence-corrected chi connectivity index (χ2v) is 3.68. The Morgan fingerprint density at radius 3 is 2.27 bits per heavy atom. The summed E-state index contributed by atoms with van der Waals surface area (Å²) in [6.07, 6.45) is 1.78. The number of hydrogen-bond donors (Lipinski definition) is 0. The van der Waals surface area contributed by atoms with Crippen molar-refractivity contribution in [2.24, 2.45) is 0 Å². The summed E-state index contributed by atoms with van der Waals surface area (Å²) in [6, 6.07) is 0. The van der Waals surface area contributed by atoms with Crippen molar-refractivity contribution in [1.82, 2.24) is 15.4 Å². The molecule has 11 heavy (non-hydrogen) atoms. The molecule has 0 fully saturated rings. The zero-order chi connectivity index (χ0) is 8.48. The van der Waals surface area contributed by atoms with Gasteiger partial charge in [-0.3, -0.25) is 0 Å². The molecular formula is C8H13N3. The summed E-state index contributed by atoms with van der Waals surface area (Å²) in [5, 5.41) is 11.2. The van der Waals surface area contributed by atoms with Crippen molar-refractivity contribution in [2.45, 2.75) is 33.1 Å². The van der Waals surface area contributed by atoms with Crippen molar-refractivity contribution < 1.29 is 0 Å². The Morgan fingerprint density at radius 1 is 1.27 bits per heavy atom. The van der Waals surface area contributed by atoms with Gasteiger partial charge in [0.15, 0.2) is 0 Å². The highest BCUT2D eigenvalue weighted by Gasteiger charge is 2.16. The molecule has 1 heterocycles. The van der Waals surface area contributed by atoms with Crippen LogP contribution in [0.5, 0.6) is 0 Å². The lowest BCUT2D eigenvalue weighted by atomic mass is 9.87. The van der Waals surface area contributed by atoms with E-state index in [2.05, 4.69) is 36.2 Å². The molecule has 0 radical (unpaired) electrons. The van der Waals surface area contributed by atoms with E-state index >= 15 is 0 Å². The van der Waals surface area contributed by atoms with Gasteiger partial charge in [0.1, 0.15) is 0 Å². The molecule has 0 aliphatic heterocycles. The van der Waals surface area contributed by atoms with Crippen LogP contribution in [0.1, 0.15) is 32.0 Å². The second-order valence-electron chi connectivity index (χ2n) is 3.68. The molecule has 0 aromatic carbocycles. The van der Waals surface area contributed by atoms with Crippen molar-refractivity contribution in [1.29, 1.82) is 0 Å². The van der Waals surface area contributed by atoms with Gasteiger partial charge in [-0.1, -0.05) is 20.8 Å². The third-order valence-corrected chi connectivity index (χ3v) is 1.63. The number of rotatable bonds is 0. The van der Waals surface area contributed by atoms with Crippen LogP contribution in [0.2, 0.25) is 0 Å². The molecule has 3 heteroatoms. The van der Waals surface area contributed by atoms with Gasteiger partial charge in [-0.2, -0.15) is 0 Å². The van der Waals surface area contributed by atoms with Gasteiger partial charge >= 0.3 is 0 Å². The zero-order valence-corrected chi connectivity index (χ0v) is 7.42. The molecule has 0 aliphatic rings. The molecule has 0 unspecified atom stereocenters. The summed E-state index contributed by atoms with van der Waals surface area (Å²) < 4.78 is 0. The summed E-state index contributed by atoms with van der Waals surface area (Å²) in [4.78, 5) is 0. The smallest absolute Gasteiger partial charge is 0.0671 e. The van der Waals surface area contributed by atoms with E-state index in [1.54, 1.807) is 6.20 Å². The number of aryl methyl sites for hydroxylation is 1. The lowest BCUT2D eigenvalue weighted by Gasteiger charge is -2.18. The van der Waals surface area contributed by atoms with Gasteiger partial charge in [0.25, 0.3) is 0 Å². The predicted molar refractivity (Wildman–Crippen MR) is 43.3 cm³/mol. The maximum atomic E-state index is 3.88. The van der Waals surface area contributed by atoms with E-state index < -0.39 is 0 Å². The van der Waals surface area contributed by atoms with Crippen LogP contribution in [0.25, 0.3) is 0 Å². The molecule has 1 rings (SSSR count). The molecule has 0 saturated heterocycles. The number of nitrogens with zero attached hydrogens (tertiary/aromatic N) is 3. The minimum atomic E-state index is 0.118. The van der Waals surface area contributed by atoms with E-state index in [1.165, 1.54) is 0 Å². The molecule has 0 spiro atoms. The van der Waals surface area contributed by atoms with Crippen molar-refractivity contribution in [3.63, 3.8) is 0 Å². The first kappa shape index (κ1) is 8.11. The van der Waals surface area contributed by atoms with Crippen molar-refractivity contribution in [3.8, 4) is 0 Å². The normalized spacial score (nSPS) is 11.6.